The van der Waals surface area contributed by atoms with Gasteiger partial charge in [0.1, 0.15) is 4.21 Å². The van der Waals surface area contributed by atoms with Crippen LogP contribution >= 0.6 is 27.3 Å². The highest BCUT2D eigenvalue weighted by atomic mass is 79.9. The van der Waals surface area contributed by atoms with E-state index in [4.69, 9.17) is 5.11 Å². The topological polar surface area (TPSA) is 57.6 Å². The van der Waals surface area contributed by atoms with Gasteiger partial charge >= 0.3 is 0 Å². The van der Waals surface area contributed by atoms with E-state index in [2.05, 4.69) is 15.9 Å². The third-order valence-electron chi connectivity index (χ3n) is 1.97. The predicted octanol–water partition coefficient (Wildman–Crippen LogP) is 0.876. The monoisotopic (exact) mass is 297 g/mol. The SMILES string of the molecule is O=S(=O)(c1ccc(Br)s1)N1CC(O)C1. The summed E-state index contributed by atoms with van der Waals surface area (Å²) in [5, 5.41) is 9.02. The van der Waals surface area contributed by atoms with E-state index in [0.29, 0.717) is 4.21 Å². The van der Waals surface area contributed by atoms with Crippen molar-refractivity contribution in [2.45, 2.75) is 10.3 Å². The van der Waals surface area contributed by atoms with Gasteiger partial charge in [0.25, 0.3) is 10.0 Å². The van der Waals surface area contributed by atoms with E-state index in [1.165, 1.54) is 15.6 Å². The third kappa shape index (κ3) is 1.74. The van der Waals surface area contributed by atoms with Gasteiger partial charge in [0.2, 0.25) is 0 Å². The number of hydrogen-bond donors (Lipinski definition) is 1. The first-order valence-corrected chi connectivity index (χ1v) is 6.98. The Kier molecular flexibility index (Phi) is 2.69. The summed E-state index contributed by atoms with van der Waals surface area (Å²) in [5.41, 5.74) is 0. The number of aliphatic hydroxyl groups is 1. The summed E-state index contributed by atoms with van der Waals surface area (Å²) >= 11 is 4.39. The number of sulfonamides is 1. The Bertz CT molecular complexity index is 436. The van der Waals surface area contributed by atoms with Crippen LogP contribution in [0.4, 0.5) is 0 Å². The summed E-state index contributed by atoms with van der Waals surface area (Å²) in [6, 6.07) is 3.27. The normalized spacial score (nSPS) is 19.6. The number of rotatable bonds is 2. The lowest BCUT2D eigenvalue weighted by molar-refractivity contribution is 0.0549. The highest BCUT2D eigenvalue weighted by Gasteiger charge is 2.36. The first-order chi connectivity index (χ1) is 6.50. The molecule has 0 bridgehead atoms. The molecule has 1 aromatic rings. The second kappa shape index (κ2) is 3.57. The highest BCUT2D eigenvalue weighted by molar-refractivity contribution is 9.11. The zero-order chi connectivity index (χ0) is 10.3. The second-order valence-corrected chi connectivity index (χ2v) is 7.66. The first kappa shape index (κ1) is 10.6. The lowest BCUT2D eigenvalue weighted by atomic mass is 10.2. The number of β-amino-alcohol motifs (C(OH)–C–C–N with tert-alkyl or cyclic N) is 1. The van der Waals surface area contributed by atoms with Crippen LogP contribution in [-0.4, -0.2) is 37.0 Å². The van der Waals surface area contributed by atoms with Crippen LogP contribution in [0.3, 0.4) is 0 Å². The summed E-state index contributed by atoms with van der Waals surface area (Å²) in [6.45, 7) is 0.412. The minimum absolute atomic E-state index is 0.206. The number of thiophene rings is 1. The van der Waals surface area contributed by atoms with Crippen molar-refractivity contribution in [2.24, 2.45) is 0 Å². The summed E-state index contributed by atoms with van der Waals surface area (Å²) in [4.78, 5) is 0. The van der Waals surface area contributed by atoms with Crippen LogP contribution in [0, 0.1) is 0 Å². The molecule has 0 amide bonds. The smallest absolute Gasteiger partial charge is 0.252 e. The van der Waals surface area contributed by atoms with E-state index < -0.39 is 16.1 Å². The van der Waals surface area contributed by atoms with E-state index in [9.17, 15) is 8.42 Å². The maximum Gasteiger partial charge on any atom is 0.252 e. The average Bonchev–Trinajstić information content (AvgIpc) is 2.46. The minimum Gasteiger partial charge on any atom is -0.390 e. The van der Waals surface area contributed by atoms with Gasteiger partial charge in [-0.15, -0.1) is 11.3 Å². The molecular weight excluding hydrogens is 290 g/mol. The zero-order valence-electron chi connectivity index (χ0n) is 7.05. The molecular formula is C7H8BrNO3S2. The number of aliphatic hydroxyl groups excluding tert-OH is 1. The maximum absolute atomic E-state index is 11.8. The standard InChI is InChI=1S/C7H8BrNO3S2/c8-6-1-2-7(13-6)14(11,12)9-3-5(10)4-9/h1-2,5,10H,3-4H2. The Morgan fingerprint density at radius 2 is 2.14 bits per heavy atom. The van der Waals surface area contributed by atoms with Gasteiger partial charge in [0, 0.05) is 13.1 Å². The van der Waals surface area contributed by atoms with E-state index in [1.807, 2.05) is 0 Å². The van der Waals surface area contributed by atoms with E-state index in [0.717, 1.165) is 3.79 Å². The number of halogens is 1. The van der Waals surface area contributed by atoms with Gasteiger partial charge in [-0.25, -0.2) is 8.42 Å². The molecule has 0 spiro atoms. The summed E-state index contributed by atoms with van der Waals surface area (Å²) < 4.78 is 25.9. The van der Waals surface area contributed by atoms with Crippen molar-refractivity contribution in [3.63, 3.8) is 0 Å². The molecule has 4 nitrogen and oxygen atoms in total. The van der Waals surface area contributed by atoms with Crippen LogP contribution in [0.1, 0.15) is 0 Å². The molecule has 78 valence electrons. The molecule has 1 N–H and O–H groups in total. The van der Waals surface area contributed by atoms with Gasteiger partial charge in [-0.2, -0.15) is 4.31 Å². The number of hydrogen-bond acceptors (Lipinski definition) is 4. The Balaban J connectivity index is 2.25. The molecule has 2 rings (SSSR count). The zero-order valence-corrected chi connectivity index (χ0v) is 10.3. The fourth-order valence-corrected chi connectivity index (χ4v) is 4.86. The molecule has 0 radical (unpaired) electrons. The first-order valence-electron chi connectivity index (χ1n) is 3.94. The van der Waals surface area contributed by atoms with Crippen molar-refractivity contribution in [2.75, 3.05) is 13.1 Å². The van der Waals surface area contributed by atoms with Crippen molar-refractivity contribution in [3.05, 3.63) is 15.9 Å². The van der Waals surface area contributed by atoms with Crippen molar-refractivity contribution in [3.8, 4) is 0 Å². The largest absolute Gasteiger partial charge is 0.390 e. The third-order valence-corrected chi connectivity index (χ3v) is 5.89. The Labute approximate surface area is 94.3 Å². The molecule has 1 aliphatic rings. The van der Waals surface area contributed by atoms with E-state index >= 15 is 0 Å². The van der Waals surface area contributed by atoms with Crippen molar-refractivity contribution < 1.29 is 13.5 Å². The van der Waals surface area contributed by atoms with Gasteiger partial charge < -0.3 is 5.11 Å². The van der Waals surface area contributed by atoms with Crippen molar-refractivity contribution in [1.82, 2.24) is 4.31 Å². The molecule has 2 heterocycles. The molecule has 1 saturated heterocycles. The van der Waals surface area contributed by atoms with Gasteiger partial charge in [-0.1, -0.05) is 0 Å². The second-order valence-electron chi connectivity index (χ2n) is 3.03. The molecule has 0 atom stereocenters. The van der Waals surface area contributed by atoms with Crippen LogP contribution in [-0.2, 0) is 10.0 Å². The Morgan fingerprint density at radius 3 is 2.57 bits per heavy atom. The van der Waals surface area contributed by atoms with E-state index in [1.54, 1.807) is 12.1 Å². The lowest BCUT2D eigenvalue weighted by Crippen LogP contribution is -2.53. The summed E-state index contributed by atoms with van der Waals surface area (Å²) in [7, 11) is -3.35. The van der Waals surface area contributed by atoms with Crippen molar-refractivity contribution >= 4 is 37.3 Å². The lowest BCUT2D eigenvalue weighted by Gasteiger charge is -2.33. The molecule has 0 saturated carbocycles. The molecule has 0 aromatic carbocycles. The van der Waals surface area contributed by atoms with E-state index in [-0.39, 0.29) is 13.1 Å². The van der Waals surface area contributed by atoms with Gasteiger partial charge in [0.15, 0.2) is 0 Å². The quantitative estimate of drug-likeness (QED) is 0.881. The Hall–Kier alpha value is 0.0500. The van der Waals surface area contributed by atoms with Gasteiger partial charge in [-0.3, -0.25) is 0 Å². The van der Waals surface area contributed by atoms with Crippen LogP contribution in [0.2, 0.25) is 0 Å². The fraction of sp³-hybridized carbons (Fsp3) is 0.429. The molecule has 1 aliphatic heterocycles. The fourth-order valence-electron chi connectivity index (χ4n) is 1.18. The summed E-state index contributed by atoms with van der Waals surface area (Å²) in [5.74, 6) is 0. The number of nitrogens with zero attached hydrogens (tertiary/aromatic N) is 1. The van der Waals surface area contributed by atoms with Gasteiger partial charge in [0.05, 0.1) is 9.89 Å². The van der Waals surface area contributed by atoms with Crippen LogP contribution < -0.4 is 0 Å². The molecule has 1 fully saturated rings. The predicted molar refractivity (Wildman–Crippen MR) is 56.8 cm³/mol. The molecule has 14 heavy (non-hydrogen) atoms. The molecule has 7 heteroatoms. The van der Waals surface area contributed by atoms with Crippen LogP contribution in [0.5, 0.6) is 0 Å². The molecule has 1 aromatic heterocycles. The van der Waals surface area contributed by atoms with Gasteiger partial charge in [-0.05, 0) is 28.1 Å². The average molecular weight is 298 g/mol. The molecule has 0 unspecified atom stereocenters. The Morgan fingerprint density at radius 1 is 1.50 bits per heavy atom. The van der Waals surface area contributed by atoms with Crippen LogP contribution in [0.15, 0.2) is 20.1 Å². The van der Waals surface area contributed by atoms with Crippen LogP contribution in [0.25, 0.3) is 0 Å². The molecule has 0 aliphatic carbocycles. The highest BCUT2D eigenvalue weighted by Crippen LogP contribution is 2.30. The summed E-state index contributed by atoms with van der Waals surface area (Å²) in [6.07, 6.45) is -0.506. The maximum atomic E-state index is 11.8. The minimum atomic E-state index is -3.35. The van der Waals surface area contributed by atoms with Crippen molar-refractivity contribution in [1.29, 1.82) is 0 Å².